The van der Waals surface area contributed by atoms with Crippen LogP contribution in [0.5, 0.6) is 0 Å². The zero-order valence-corrected chi connectivity index (χ0v) is 11.8. The average Bonchev–Trinajstić information content (AvgIpc) is 2.75. The van der Waals surface area contributed by atoms with Crippen LogP contribution >= 0.6 is 0 Å². The fraction of sp³-hybridized carbons (Fsp3) is 0.471. The maximum atomic E-state index is 12.2. The number of nitrogens with two attached hydrogens (primary N) is 1. The summed E-state index contributed by atoms with van der Waals surface area (Å²) in [5.41, 5.74) is 7.10. The Bertz CT molecular complexity index is 488. The van der Waals surface area contributed by atoms with Gasteiger partial charge < -0.3 is 11.1 Å². The minimum absolute atomic E-state index is 0.160. The van der Waals surface area contributed by atoms with Crippen LogP contribution in [0.15, 0.2) is 24.3 Å². The Morgan fingerprint density at radius 1 is 1.15 bits per heavy atom. The molecule has 0 spiro atoms. The Labute approximate surface area is 120 Å². The molecule has 106 valence electrons. The highest BCUT2D eigenvalue weighted by Gasteiger charge is 2.19. The minimum Gasteiger partial charge on any atom is -0.326 e. The molecular weight excluding hydrogens is 248 g/mol. The first-order valence-corrected chi connectivity index (χ1v) is 7.39. The van der Waals surface area contributed by atoms with Crippen LogP contribution in [0, 0.1) is 17.8 Å². The normalized spacial score (nSPS) is 15.8. The summed E-state index contributed by atoms with van der Waals surface area (Å²) in [6.45, 7) is 0.361. The average molecular weight is 270 g/mol. The summed E-state index contributed by atoms with van der Waals surface area (Å²) in [7, 11) is 0. The quantitative estimate of drug-likeness (QED) is 0.641. The molecule has 3 nitrogen and oxygen atoms in total. The van der Waals surface area contributed by atoms with Gasteiger partial charge in [0, 0.05) is 17.2 Å². The van der Waals surface area contributed by atoms with Gasteiger partial charge in [0.15, 0.2) is 0 Å². The van der Waals surface area contributed by atoms with Gasteiger partial charge in [-0.25, -0.2) is 0 Å². The van der Waals surface area contributed by atoms with Crippen molar-refractivity contribution in [2.45, 2.75) is 38.5 Å². The lowest BCUT2D eigenvalue weighted by Crippen LogP contribution is -2.22. The molecule has 1 saturated carbocycles. The monoisotopic (exact) mass is 270 g/mol. The van der Waals surface area contributed by atoms with Gasteiger partial charge in [0.25, 0.3) is 0 Å². The molecule has 1 aromatic carbocycles. The molecule has 0 saturated heterocycles. The highest BCUT2D eigenvalue weighted by molar-refractivity contribution is 5.92. The molecule has 0 radical (unpaired) electrons. The first-order valence-electron chi connectivity index (χ1n) is 7.39. The van der Waals surface area contributed by atoms with Crippen molar-refractivity contribution in [2.24, 2.45) is 11.7 Å². The summed E-state index contributed by atoms with van der Waals surface area (Å²) < 4.78 is 0. The van der Waals surface area contributed by atoms with Crippen molar-refractivity contribution in [3.05, 3.63) is 29.8 Å². The van der Waals surface area contributed by atoms with E-state index in [1.54, 1.807) is 0 Å². The number of hydrogen-bond acceptors (Lipinski definition) is 2. The van der Waals surface area contributed by atoms with Gasteiger partial charge in [-0.1, -0.05) is 37.5 Å². The smallest absolute Gasteiger partial charge is 0.227 e. The summed E-state index contributed by atoms with van der Waals surface area (Å²) in [6, 6.07) is 7.61. The van der Waals surface area contributed by atoms with Gasteiger partial charge in [0.2, 0.25) is 5.91 Å². The second-order valence-corrected chi connectivity index (χ2v) is 5.26. The topological polar surface area (TPSA) is 55.1 Å². The first kappa shape index (κ1) is 14.6. The number of amides is 1. The van der Waals surface area contributed by atoms with Gasteiger partial charge in [-0.05, 0) is 37.1 Å². The van der Waals surface area contributed by atoms with Gasteiger partial charge >= 0.3 is 0 Å². The highest BCUT2D eigenvalue weighted by atomic mass is 16.1. The maximum Gasteiger partial charge on any atom is 0.227 e. The Hall–Kier alpha value is -1.79. The van der Waals surface area contributed by atoms with Crippen molar-refractivity contribution < 1.29 is 4.79 Å². The lowest BCUT2D eigenvalue weighted by molar-refractivity contribution is -0.120. The largest absolute Gasteiger partial charge is 0.326 e. The fourth-order valence-electron chi connectivity index (χ4n) is 2.58. The Balaban J connectivity index is 1.93. The molecule has 1 amide bonds. The van der Waals surface area contributed by atoms with Crippen molar-refractivity contribution in [2.75, 3.05) is 11.9 Å². The highest BCUT2D eigenvalue weighted by Crippen LogP contribution is 2.24. The zero-order chi connectivity index (χ0) is 14.2. The summed E-state index contributed by atoms with van der Waals surface area (Å²) >= 11 is 0. The van der Waals surface area contributed by atoms with E-state index in [1.807, 2.05) is 24.3 Å². The Morgan fingerprint density at radius 2 is 1.80 bits per heavy atom. The molecule has 0 unspecified atom stereocenters. The predicted molar refractivity (Wildman–Crippen MR) is 82.2 cm³/mol. The van der Waals surface area contributed by atoms with Crippen molar-refractivity contribution >= 4 is 11.6 Å². The molecule has 20 heavy (non-hydrogen) atoms. The van der Waals surface area contributed by atoms with Gasteiger partial charge in [-0.15, -0.1) is 0 Å². The molecule has 0 aliphatic heterocycles. The Kier molecular flexibility index (Phi) is 5.64. The number of carbonyl (C=O) groups excluding carboxylic acids is 1. The van der Waals surface area contributed by atoms with E-state index >= 15 is 0 Å². The maximum absolute atomic E-state index is 12.2. The summed E-state index contributed by atoms with van der Waals surface area (Å²) in [4.78, 5) is 12.2. The Morgan fingerprint density at radius 3 is 2.40 bits per heavy atom. The van der Waals surface area contributed by atoms with Crippen LogP contribution in [-0.4, -0.2) is 12.5 Å². The van der Waals surface area contributed by atoms with E-state index < -0.39 is 0 Å². The van der Waals surface area contributed by atoms with Gasteiger partial charge in [0.05, 0.1) is 6.54 Å². The van der Waals surface area contributed by atoms with E-state index in [0.717, 1.165) is 24.1 Å². The van der Waals surface area contributed by atoms with E-state index in [2.05, 4.69) is 17.2 Å². The fourth-order valence-corrected chi connectivity index (χ4v) is 2.58. The van der Waals surface area contributed by atoms with Crippen molar-refractivity contribution in [3.63, 3.8) is 0 Å². The number of hydrogen-bond donors (Lipinski definition) is 2. The molecule has 0 heterocycles. The molecular formula is C17H22N2O. The van der Waals surface area contributed by atoms with Crippen molar-refractivity contribution in [1.82, 2.24) is 0 Å². The molecule has 0 aromatic heterocycles. The third-order valence-corrected chi connectivity index (χ3v) is 3.71. The van der Waals surface area contributed by atoms with Crippen molar-refractivity contribution in [3.8, 4) is 11.8 Å². The van der Waals surface area contributed by atoms with E-state index in [1.165, 1.54) is 25.7 Å². The van der Waals surface area contributed by atoms with E-state index in [4.69, 9.17) is 5.73 Å². The van der Waals surface area contributed by atoms with Crippen LogP contribution in [0.2, 0.25) is 0 Å². The lowest BCUT2D eigenvalue weighted by Gasteiger charge is -2.14. The summed E-state index contributed by atoms with van der Waals surface area (Å²) in [5, 5.41) is 3.01. The van der Waals surface area contributed by atoms with Gasteiger partial charge in [0.1, 0.15) is 0 Å². The first-order chi connectivity index (χ1) is 9.79. The SMILES string of the molecule is NCC#Cc1ccc(NC(=O)C2CCCCCC2)cc1. The molecule has 0 atom stereocenters. The third-order valence-electron chi connectivity index (χ3n) is 3.71. The number of benzene rings is 1. The summed E-state index contributed by atoms with van der Waals surface area (Å²) in [6.07, 6.45) is 6.91. The van der Waals surface area contributed by atoms with E-state index in [0.29, 0.717) is 6.54 Å². The predicted octanol–water partition coefficient (Wildman–Crippen LogP) is 2.91. The molecule has 1 aliphatic rings. The molecule has 1 fully saturated rings. The molecule has 3 heteroatoms. The van der Waals surface area contributed by atoms with E-state index in [9.17, 15) is 4.79 Å². The van der Waals surface area contributed by atoms with E-state index in [-0.39, 0.29) is 11.8 Å². The second kappa shape index (κ2) is 7.72. The molecule has 2 rings (SSSR count). The van der Waals surface area contributed by atoms with Crippen LogP contribution in [0.3, 0.4) is 0 Å². The van der Waals surface area contributed by atoms with Crippen LogP contribution in [0.25, 0.3) is 0 Å². The van der Waals surface area contributed by atoms with Crippen molar-refractivity contribution in [1.29, 1.82) is 0 Å². The zero-order valence-electron chi connectivity index (χ0n) is 11.8. The minimum atomic E-state index is 0.160. The number of anilines is 1. The second-order valence-electron chi connectivity index (χ2n) is 5.26. The molecule has 1 aliphatic carbocycles. The standard InChI is InChI=1S/C17H22N2O/c18-13-5-6-14-9-11-16(12-10-14)19-17(20)15-7-3-1-2-4-8-15/h9-12,15H,1-4,7-8,13,18H2,(H,19,20). The van der Waals surface area contributed by atoms with Crippen LogP contribution in [0.4, 0.5) is 5.69 Å². The van der Waals surface area contributed by atoms with Crippen LogP contribution in [0.1, 0.15) is 44.1 Å². The number of rotatable bonds is 2. The van der Waals surface area contributed by atoms with Crippen LogP contribution < -0.4 is 11.1 Å². The summed E-state index contributed by atoms with van der Waals surface area (Å²) in [5.74, 6) is 6.12. The molecule has 1 aromatic rings. The van der Waals surface area contributed by atoms with Crippen LogP contribution in [-0.2, 0) is 4.79 Å². The van der Waals surface area contributed by atoms with Gasteiger partial charge in [-0.2, -0.15) is 0 Å². The van der Waals surface area contributed by atoms with Gasteiger partial charge in [-0.3, -0.25) is 4.79 Å². The molecule has 0 bridgehead atoms. The third kappa shape index (κ3) is 4.40. The number of nitrogens with one attached hydrogen (secondary N) is 1. The lowest BCUT2D eigenvalue weighted by atomic mass is 9.99. The number of carbonyl (C=O) groups is 1. The molecule has 3 N–H and O–H groups in total.